The quantitative estimate of drug-likeness (QED) is 0.557. The third-order valence-corrected chi connectivity index (χ3v) is 3.52. The predicted octanol–water partition coefficient (Wildman–Crippen LogP) is 3.63. The Morgan fingerprint density at radius 2 is 1.84 bits per heavy atom. The first-order valence-electron chi connectivity index (χ1n) is 7.20. The van der Waals surface area contributed by atoms with Gasteiger partial charge in [0.1, 0.15) is 5.52 Å². The fourth-order valence-corrected chi connectivity index (χ4v) is 2.30. The molecular formula is C17H14N2O6. The highest BCUT2D eigenvalue weighted by Gasteiger charge is 2.12. The van der Waals surface area contributed by atoms with Crippen molar-refractivity contribution in [1.82, 2.24) is 4.98 Å². The van der Waals surface area contributed by atoms with E-state index in [2.05, 4.69) is 4.98 Å². The summed E-state index contributed by atoms with van der Waals surface area (Å²) in [5, 5.41) is 20.7. The highest BCUT2D eigenvalue weighted by Crippen LogP contribution is 2.37. The Balaban J connectivity index is 1.94. The number of ether oxygens (including phenoxy) is 2. The Labute approximate surface area is 142 Å². The molecule has 0 saturated carbocycles. The molecule has 1 aromatic heterocycles. The van der Waals surface area contributed by atoms with Crippen LogP contribution in [0.2, 0.25) is 0 Å². The first-order chi connectivity index (χ1) is 12.0. The summed E-state index contributed by atoms with van der Waals surface area (Å²) < 4.78 is 15.7. The summed E-state index contributed by atoms with van der Waals surface area (Å²) in [6, 6.07) is 7.47. The topological polar surface area (TPSA) is 108 Å². The van der Waals surface area contributed by atoms with E-state index in [0.29, 0.717) is 22.6 Å². The van der Waals surface area contributed by atoms with Gasteiger partial charge in [-0.15, -0.1) is 0 Å². The largest absolute Gasteiger partial charge is 0.502 e. The van der Waals surface area contributed by atoms with Gasteiger partial charge in [-0.2, -0.15) is 0 Å². The number of hydrogen-bond acceptors (Lipinski definition) is 7. The zero-order valence-corrected chi connectivity index (χ0v) is 13.4. The molecule has 3 aromatic rings. The van der Waals surface area contributed by atoms with Gasteiger partial charge < -0.3 is 19.0 Å². The molecule has 0 radical (unpaired) electrons. The number of methoxy groups -OCH3 is 2. The van der Waals surface area contributed by atoms with E-state index in [1.54, 1.807) is 24.3 Å². The van der Waals surface area contributed by atoms with Crippen LogP contribution in [0.25, 0.3) is 23.3 Å². The number of fused-ring (bicyclic) bond motifs is 1. The molecule has 0 bridgehead atoms. The van der Waals surface area contributed by atoms with Crippen molar-refractivity contribution < 1.29 is 23.9 Å². The minimum absolute atomic E-state index is 0.0515. The number of benzene rings is 2. The average molecular weight is 342 g/mol. The van der Waals surface area contributed by atoms with Crippen LogP contribution in [0.15, 0.2) is 34.7 Å². The second-order valence-corrected chi connectivity index (χ2v) is 5.07. The Bertz CT molecular complexity index is 951. The lowest BCUT2D eigenvalue weighted by Gasteiger charge is -2.09. The van der Waals surface area contributed by atoms with E-state index in [1.807, 2.05) is 0 Å². The average Bonchev–Trinajstić information content (AvgIpc) is 3.02. The van der Waals surface area contributed by atoms with Crippen molar-refractivity contribution >= 4 is 28.9 Å². The van der Waals surface area contributed by atoms with Crippen LogP contribution in [0.1, 0.15) is 11.5 Å². The number of nitrogens with zero attached hydrogens (tertiary/aromatic N) is 2. The number of nitro groups is 1. The maximum absolute atomic E-state index is 10.8. The monoisotopic (exact) mass is 342 g/mol. The van der Waals surface area contributed by atoms with Crippen molar-refractivity contribution in [2.24, 2.45) is 0 Å². The molecule has 0 aliphatic heterocycles. The van der Waals surface area contributed by atoms with Crippen LogP contribution in [-0.4, -0.2) is 29.2 Å². The smallest absolute Gasteiger partial charge is 0.271 e. The summed E-state index contributed by atoms with van der Waals surface area (Å²) in [4.78, 5) is 14.5. The van der Waals surface area contributed by atoms with Gasteiger partial charge in [0, 0.05) is 18.2 Å². The Morgan fingerprint density at radius 1 is 1.16 bits per heavy atom. The summed E-state index contributed by atoms with van der Waals surface area (Å²) >= 11 is 0. The predicted molar refractivity (Wildman–Crippen MR) is 90.8 cm³/mol. The molecule has 25 heavy (non-hydrogen) atoms. The Kier molecular flexibility index (Phi) is 4.25. The zero-order chi connectivity index (χ0) is 18.0. The maximum atomic E-state index is 10.8. The van der Waals surface area contributed by atoms with Gasteiger partial charge >= 0.3 is 0 Å². The fraction of sp³-hybridized carbons (Fsp3) is 0.118. The van der Waals surface area contributed by atoms with Crippen molar-refractivity contribution in [3.8, 4) is 17.2 Å². The SMILES string of the molecule is COc1cc(/C=C/c2nc3cc([N+](=O)[O-])ccc3o2)cc(OC)c1O. The lowest BCUT2D eigenvalue weighted by Crippen LogP contribution is -1.90. The van der Waals surface area contributed by atoms with Gasteiger partial charge in [0.25, 0.3) is 5.69 Å². The standard InChI is InChI=1S/C17H14N2O6/c1-23-14-7-10(8-15(24-2)17(14)20)3-6-16-18-12-9-11(19(21)22)4-5-13(12)25-16/h3-9,20H,1-2H3/b6-3+. The van der Waals surface area contributed by atoms with Gasteiger partial charge in [0.2, 0.25) is 11.6 Å². The van der Waals surface area contributed by atoms with Gasteiger partial charge in [0.15, 0.2) is 17.1 Å². The van der Waals surface area contributed by atoms with Crippen LogP contribution in [0.3, 0.4) is 0 Å². The molecule has 0 aliphatic carbocycles. The van der Waals surface area contributed by atoms with Gasteiger partial charge in [-0.05, 0) is 29.8 Å². The van der Waals surface area contributed by atoms with E-state index in [-0.39, 0.29) is 22.9 Å². The first-order valence-corrected chi connectivity index (χ1v) is 7.20. The van der Waals surface area contributed by atoms with E-state index in [0.717, 1.165) is 0 Å². The van der Waals surface area contributed by atoms with Crippen LogP contribution < -0.4 is 9.47 Å². The van der Waals surface area contributed by atoms with Crippen LogP contribution >= 0.6 is 0 Å². The van der Waals surface area contributed by atoms with Crippen molar-refractivity contribution in [1.29, 1.82) is 0 Å². The number of phenolic OH excluding ortho intramolecular Hbond substituents is 1. The first kappa shape index (κ1) is 16.3. The molecule has 0 amide bonds. The van der Waals surface area contributed by atoms with E-state index < -0.39 is 4.92 Å². The molecule has 0 atom stereocenters. The number of phenols is 1. The maximum Gasteiger partial charge on any atom is 0.271 e. The third-order valence-electron chi connectivity index (χ3n) is 3.52. The van der Waals surface area contributed by atoms with Crippen molar-refractivity contribution in [2.45, 2.75) is 0 Å². The van der Waals surface area contributed by atoms with Crippen LogP contribution in [0, 0.1) is 10.1 Å². The number of oxazole rings is 1. The fourth-order valence-electron chi connectivity index (χ4n) is 2.30. The van der Waals surface area contributed by atoms with Crippen LogP contribution in [0.5, 0.6) is 17.2 Å². The number of non-ortho nitro benzene ring substituents is 1. The normalized spacial score (nSPS) is 11.1. The molecule has 0 unspecified atom stereocenters. The molecule has 0 aliphatic rings. The minimum atomic E-state index is -0.487. The number of aromatic nitrogens is 1. The summed E-state index contributed by atoms with van der Waals surface area (Å²) in [5.74, 6) is 0.747. The molecule has 0 saturated heterocycles. The lowest BCUT2D eigenvalue weighted by atomic mass is 10.1. The molecule has 0 spiro atoms. The van der Waals surface area contributed by atoms with E-state index in [9.17, 15) is 15.2 Å². The van der Waals surface area contributed by atoms with Gasteiger partial charge in [-0.25, -0.2) is 4.98 Å². The van der Waals surface area contributed by atoms with E-state index in [4.69, 9.17) is 13.9 Å². The van der Waals surface area contributed by atoms with Gasteiger partial charge in [-0.1, -0.05) is 0 Å². The van der Waals surface area contributed by atoms with E-state index in [1.165, 1.54) is 32.4 Å². The summed E-state index contributed by atoms with van der Waals surface area (Å²) in [6.45, 7) is 0. The van der Waals surface area contributed by atoms with Crippen molar-refractivity contribution in [2.75, 3.05) is 14.2 Å². The van der Waals surface area contributed by atoms with Gasteiger partial charge in [0.05, 0.1) is 19.1 Å². The number of rotatable bonds is 5. The summed E-state index contributed by atoms with van der Waals surface area (Å²) in [6.07, 6.45) is 3.31. The number of hydrogen-bond donors (Lipinski definition) is 1. The highest BCUT2D eigenvalue weighted by molar-refractivity contribution is 5.78. The lowest BCUT2D eigenvalue weighted by molar-refractivity contribution is -0.384. The Hall–Kier alpha value is -3.55. The van der Waals surface area contributed by atoms with Gasteiger partial charge in [-0.3, -0.25) is 10.1 Å². The molecule has 2 aromatic carbocycles. The summed E-state index contributed by atoms with van der Waals surface area (Å²) in [7, 11) is 2.88. The second-order valence-electron chi connectivity index (χ2n) is 5.07. The highest BCUT2D eigenvalue weighted by atomic mass is 16.6. The molecule has 1 heterocycles. The van der Waals surface area contributed by atoms with Crippen molar-refractivity contribution in [3.05, 3.63) is 51.9 Å². The third kappa shape index (κ3) is 3.23. The zero-order valence-electron chi connectivity index (χ0n) is 13.4. The number of aromatic hydroxyl groups is 1. The molecule has 8 heteroatoms. The molecule has 1 N–H and O–H groups in total. The Morgan fingerprint density at radius 3 is 2.44 bits per heavy atom. The van der Waals surface area contributed by atoms with Crippen LogP contribution in [0.4, 0.5) is 5.69 Å². The van der Waals surface area contributed by atoms with Crippen LogP contribution in [-0.2, 0) is 0 Å². The molecule has 0 fully saturated rings. The van der Waals surface area contributed by atoms with E-state index >= 15 is 0 Å². The molecular weight excluding hydrogens is 328 g/mol. The van der Waals surface area contributed by atoms with Crippen molar-refractivity contribution in [3.63, 3.8) is 0 Å². The molecule has 8 nitrogen and oxygen atoms in total. The second kappa shape index (κ2) is 6.52. The minimum Gasteiger partial charge on any atom is -0.502 e. The molecule has 3 rings (SSSR count). The summed E-state index contributed by atoms with van der Waals surface area (Å²) in [5.41, 5.74) is 1.49. The molecule has 128 valence electrons. The number of nitro benzene ring substituents is 1.